The van der Waals surface area contributed by atoms with Crippen LogP contribution < -0.4 is 10.6 Å². The molecule has 5 nitrogen and oxygen atoms in total. The first-order valence-corrected chi connectivity index (χ1v) is 6.93. The van der Waals surface area contributed by atoms with Crippen LogP contribution in [0.25, 0.3) is 0 Å². The van der Waals surface area contributed by atoms with Gasteiger partial charge in [-0.05, 0) is 32.9 Å². The normalized spacial score (nSPS) is 17.2. The van der Waals surface area contributed by atoms with E-state index in [1.54, 1.807) is 4.90 Å². The number of amides is 2. The van der Waals surface area contributed by atoms with Gasteiger partial charge in [-0.2, -0.15) is 0 Å². The first-order chi connectivity index (χ1) is 8.74. The van der Waals surface area contributed by atoms with E-state index in [9.17, 15) is 9.59 Å². The number of likely N-dealkylation sites (tertiary alicyclic amines) is 1. The van der Waals surface area contributed by atoms with E-state index in [4.69, 9.17) is 0 Å². The van der Waals surface area contributed by atoms with Gasteiger partial charge in [0.15, 0.2) is 0 Å². The van der Waals surface area contributed by atoms with E-state index in [0.29, 0.717) is 13.0 Å². The molecule has 104 valence electrons. The van der Waals surface area contributed by atoms with Crippen molar-refractivity contribution in [3.63, 3.8) is 0 Å². The summed E-state index contributed by atoms with van der Waals surface area (Å²) in [5.41, 5.74) is 0. The maximum atomic E-state index is 11.8. The molecule has 0 radical (unpaired) electrons. The molecule has 0 aromatic carbocycles. The molecule has 5 heteroatoms. The van der Waals surface area contributed by atoms with E-state index >= 15 is 0 Å². The SMILES string of the molecule is CNCCCNC(=O)CN1CCCCCCC1=O. The molecule has 0 aliphatic carbocycles. The van der Waals surface area contributed by atoms with E-state index in [1.807, 2.05) is 7.05 Å². The van der Waals surface area contributed by atoms with Gasteiger partial charge in [-0.3, -0.25) is 9.59 Å². The molecule has 0 spiro atoms. The maximum Gasteiger partial charge on any atom is 0.239 e. The summed E-state index contributed by atoms with van der Waals surface area (Å²) >= 11 is 0. The quantitative estimate of drug-likeness (QED) is 0.680. The number of carbonyl (C=O) groups excluding carboxylic acids is 2. The van der Waals surface area contributed by atoms with E-state index < -0.39 is 0 Å². The van der Waals surface area contributed by atoms with Gasteiger partial charge in [-0.15, -0.1) is 0 Å². The minimum absolute atomic E-state index is 0.0416. The Labute approximate surface area is 109 Å². The van der Waals surface area contributed by atoms with Crippen molar-refractivity contribution in [2.75, 3.05) is 33.2 Å². The minimum Gasteiger partial charge on any atom is -0.355 e. The zero-order chi connectivity index (χ0) is 13.2. The van der Waals surface area contributed by atoms with Crippen LogP contribution in [-0.4, -0.2) is 49.9 Å². The summed E-state index contributed by atoms with van der Waals surface area (Å²) in [6.07, 6.45) is 5.77. The van der Waals surface area contributed by atoms with Gasteiger partial charge < -0.3 is 15.5 Å². The van der Waals surface area contributed by atoms with Crippen molar-refractivity contribution >= 4 is 11.8 Å². The van der Waals surface area contributed by atoms with Crippen LogP contribution in [0.3, 0.4) is 0 Å². The average molecular weight is 255 g/mol. The second-order valence-corrected chi connectivity index (χ2v) is 4.79. The van der Waals surface area contributed by atoms with Crippen LogP contribution in [0.4, 0.5) is 0 Å². The standard InChI is InChI=1S/C13H25N3O2/c1-14-8-6-9-15-12(17)11-16-10-5-3-2-4-7-13(16)18/h14H,2-11H2,1H3,(H,15,17). The van der Waals surface area contributed by atoms with Crippen LogP contribution in [0.2, 0.25) is 0 Å². The first-order valence-electron chi connectivity index (χ1n) is 6.93. The highest BCUT2D eigenvalue weighted by Gasteiger charge is 2.17. The predicted octanol–water partition coefficient (Wildman–Crippen LogP) is 0.505. The molecule has 2 N–H and O–H groups in total. The molecule has 1 heterocycles. The Bertz CT molecular complexity index is 269. The van der Waals surface area contributed by atoms with Crippen LogP contribution >= 0.6 is 0 Å². The Morgan fingerprint density at radius 3 is 2.78 bits per heavy atom. The number of hydrogen-bond acceptors (Lipinski definition) is 3. The van der Waals surface area contributed by atoms with Gasteiger partial charge in [0.1, 0.15) is 0 Å². The second-order valence-electron chi connectivity index (χ2n) is 4.79. The number of nitrogens with zero attached hydrogens (tertiary/aromatic N) is 1. The molecule has 0 saturated carbocycles. The Kier molecular flexibility index (Phi) is 7.41. The highest BCUT2D eigenvalue weighted by Crippen LogP contribution is 2.11. The fourth-order valence-corrected chi connectivity index (χ4v) is 2.10. The molecule has 1 fully saturated rings. The van der Waals surface area contributed by atoms with Gasteiger partial charge in [0.2, 0.25) is 11.8 Å². The third kappa shape index (κ3) is 6.00. The van der Waals surface area contributed by atoms with Crippen molar-refractivity contribution in [1.29, 1.82) is 0 Å². The highest BCUT2D eigenvalue weighted by molar-refractivity contribution is 5.84. The number of nitrogens with one attached hydrogen (secondary N) is 2. The molecule has 0 bridgehead atoms. The summed E-state index contributed by atoms with van der Waals surface area (Å²) in [5.74, 6) is 0.0834. The molecule has 0 atom stereocenters. The molecule has 1 aliphatic rings. The topological polar surface area (TPSA) is 61.4 Å². The van der Waals surface area contributed by atoms with Crippen LogP contribution in [0.5, 0.6) is 0 Å². The summed E-state index contributed by atoms with van der Waals surface area (Å²) < 4.78 is 0. The summed E-state index contributed by atoms with van der Waals surface area (Å²) in [6, 6.07) is 0. The lowest BCUT2D eigenvalue weighted by Gasteiger charge is -2.24. The molecule has 0 aromatic heterocycles. The van der Waals surface area contributed by atoms with Crippen molar-refractivity contribution in [2.45, 2.75) is 38.5 Å². The van der Waals surface area contributed by atoms with Crippen molar-refractivity contribution in [3.05, 3.63) is 0 Å². The summed E-state index contributed by atoms with van der Waals surface area (Å²) in [4.78, 5) is 25.2. The van der Waals surface area contributed by atoms with Gasteiger partial charge in [-0.1, -0.05) is 12.8 Å². The van der Waals surface area contributed by atoms with E-state index in [1.165, 1.54) is 0 Å². The van der Waals surface area contributed by atoms with Crippen molar-refractivity contribution in [1.82, 2.24) is 15.5 Å². The lowest BCUT2D eigenvalue weighted by molar-refractivity contribution is -0.136. The number of rotatable bonds is 6. The molecule has 1 saturated heterocycles. The first kappa shape index (κ1) is 15.0. The monoisotopic (exact) mass is 255 g/mol. The molecule has 18 heavy (non-hydrogen) atoms. The van der Waals surface area contributed by atoms with Gasteiger partial charge in [-0.25, -0.2) is 0 Å². The Balaban J connectivity index is 2.25. The van der Waals surface area contributed by atoms with Crippen molar-refractivity contribution in [3.8, 4) is 0 Å². The van der Waals surface area contributed by atoms with E-state index in [-0.39, 0.29) is 18.4 Å². The fourth-order valence-electron chi connectivity index (χ4n) is 2.10. The molecular weight excluding hydrogens is 230 g/mol. The van der Waals surface area contributed by atoms with Gasteiger partial charge >= 0.3 is 0 Å². The second kappa shape index (κ2) is 8.91. The number of hydrogen-bond donors (Lipinski definition) is 2. The zero-order valence-corrected chi connectivity index (χ0v) is 11.3. The van der Waals surface area contributed by atoms with Crippen molar-refractivity contribution < 1.29 is 9.59 Å². The zero-order valence-electron chi connectivity index (χ0n) is 11.3. The minimum atomic E-state index is -0.0416. The largest absolute Gasteiger partial charge is 0.355 e. The summed E-state index contributed by atoms with van der Waals surface area (Å²) in [6.45, 7) is 2.51. The van der Waals surface area contributed by atoms with Crippen LogP contribution in [-0.2, 0) is 9.59 Å². The van der Waals surface area contributed by atoms with Crippen LogP contribution in [0, 0.1) is 0 Å². The summed E-state index contributed by atoms with van der Waals surface area (Å²) in [7, 11) is 1.89. The third-order valence-corrected chi connectivity index (χ3v) is 3.18. The Hall–Kier alpha value is -1.10. The smallest absolute Gasteiger partial charge is 0.239 e. The van der Waals surface area contributed by atoms with Gasteiger partial charge in [0.25, 0.3) is 0 Å². The Morgan fingerprint density at radius 1 is 1.22 bits per heavy atom. The molecule has 1 aliphatic heterocycles. The van der Waals surface area contributed by atoms with Crippen LogP contribution in [0.15, 0.2) is 0 Å². The van der Waals surface area contributed by atoms with Crippen LogP contribution in [0.1, 0.15) is 38.5 Å². The van der Waals surface area contributed by atoms with E-state index in [0.717, 1.165) is 45.2 Å². The molecule has 1 rings (SSSR count). The maximum absolute atomic E-state index is 11.8. The summed E-state index contributed by atoms with van der Waals surface area (Å²) in [5, 5.41) is 5.88. The molecular formula is C13H25N3O2. The average Bonchev–Trinajstić information content (AvgIpc) is 2.34. The van der Waals surface area contributed by atoms with Gasteiger partial charge in [0, 0.05) is 19.5 Å². The highest BCUT2D eigenvalue weighted by atomic mass is 16.2. The molecule has 0 aromatic rings. The molecule has 2 amide bonds. The Morgan fingerprint density at radius 2 is 2.00 bits per heavy atom. The fraction of sp³-hybridized carbons (Fsp3) is 0.846. The van der Waals surface area contributed by atoms with Crippen molar-refractivity contribution in [2.24, 2.45) is 0 Å². The van der Waals surface area contributed by atoms with E-state index in [2.05, 4.69) is 10.6 Å². The lowest BCUT2D eigenvalue weighted by atomic mass is 10.1. The van der Waals surface area contributed by atoms with Gasteiger partial charge in [0.05, 0.1) is 6.54 Å². The third-order valence-electron chi connectivity index (χ3n) is 3.18. The number of carbonyl (C=O) groups is 2. The lowest BCUT2D eigenvalue weighted by Crippen LogP contribution is -2.42. The predicted molar refractivity (Wildman–Crippen MR) is 71.2 cm³/mol. The molecule has 0 unspecified atom stereocenters.